The first-order valence-corrected chi connectivity index (χ1v) is 7.54. The third-order valence-electron chi connectivity index (χ3n) is 2.74. The summed E-state index contributed by atoms with van der Waals surface area (Å²) in [5.41, 5.74) is -0.0920. The van der Waals surface area contributed by atoms with Gasteiger partial charge < -0.3 is 9.15 Å². The fraction of sp³-hybridized carbons (Fsp3) is 0.429. The van der Waals surface area contributed by atoms with Gasteiger partial charge in [0.1, 0.15) is 5.60 Å². The van der Waals surface area contributed by atoms with Crippen molar-refractivity contribution in [2.75, 3.05) is 11.9 Å². The minimum absolute atomic E-state index is 0.150. The zero-order chi connectivity index (χ0) is 17.4. The third kappa shape index (κ3) is 3.98. The van der Waals surface area contributed by atoms with Crippen LogP contribution >= 0.6 is 15.9 Å². The van der Waals surface area contributed by atoms with Crippen molar-refractivity contribution in [1.29, 1.82) is 0 Å². The summed E-state index contributed by atoms with van der Waals surface area (Å²) in [6.45, 7) is 5.36. The van der Waals surface area contributed by atoms with E-state index in [0.29, 0.717) is 15.9 Å². The summed E-state index contributed by atoms with van der Waals surface area (Å²) in [6.07, 6.45) is 0.939. The van der Waals surface area contributed by atoms with Crippen LogP contribution in [0.2, 0.25) is 0 Å². The zero-order valence-electron chi connectivity index (χ0n) is 13.5. The standard InChI is InChI=1S/C14H17BrN4O4/c1-14(2,3)23-12(20)18(4)10-9(15)6-8(7-16-10)11-17-19(5)13(21)22-11/h6-7H,1-5H3. The first-order valence-electron chi connectivity index (χ1n) is 6.75. The number of aryl methyl sites for hydroxylation is 1. The van der Waals surface area contributed by atoms with Crippen LogP contribution in [0.25, 0.3) is 11.5 Å². The molecule has 0 radical (unpaired) electrons. The Morgan fingerprint density at radius 1 is 1.43 bits per heavy atom. The summed E-state index contributed by atoms with van der Waals surface area (Å²) in [7, 11) is 3.05. The van der Waals surface area contributed by atoms with Crippen LogP contribution in [-0.2, 0) is 11.8 Å². The van der Waals surface area contributed by atoms with E-state index in [-0.39, 0.29) is 5.89 Å². The van der Waals surface area contributed by atoms with Crippen molar-refractivity contribution in [3.63, 3.8) is 0 Å². The number of carbonyl (C=O) groups excluding carboxylic acids is 1. The van der Waals surface area contributed by atoms with Crippen LogP contribution in [0.3, 0.4) is 0 Å². The first kappa shape index (κ1) is 17.2. The van der Waals surface area contributed by atoms with E-state index in [1.54, 1.807) is 33.9 Å². The molecule has 124 valence electrons. The Kier molecular flexibility index (Phi) is 4.60. The van der Waals surface area contributed by atoms with E-state index >= 15 is 0 Å². The maximum atomic E-state index is 12.1. The van der Waals surface area contributed by atoms with Gasteiger partial charge in [-0.15, -0.1) is 5.10 Å². The van der Waals surface area contributed by atoms with E-state index in [1.165, 1.54) is 18.1 Å². The molecule has 0 unspecified atom stereocenters. The Morgan fingerprint density at radius 2 is 2.09 bits per heavy atom. The molecular formula is C14H17BrN4O4. The van der Waals surface area contributed by atoms with Gasteiger partial charge in [0, 0.05) is 20.3 Å². The van der Waals surface area contributed by atoms with Crippen molar-refractivity contribution in [2.45, 2.75) is 26.4 Å². The summed E-state index contributed by atoms with van der Waals surface area (Å²) in [4.78, 5) is 28.9. The van der Waals surface area contributed by atoms with Gasteiger partial charge in [0.2, 0.25) is 0 Å². The van der Waals surface area contributed by atoms with Crippen molar-refractivity contribution in [1.82, 2.24) is 14.8 Å². The molecular weight excluding hydrogens is 368 g/mol. The van der Waals surface area contributed by atoms with Crippen molar-refractivity contribution in [3.05, 3.63) is 27.3 Å². The molecule has 8 nitrogen and oxygen atoms in total. The van der Waals surface area contributed by atoms with Gasteiger partial charge in [-0.1, -0.05) is 0 Å². The van der Waals surface area contributed by atoms with Crippen LogP contribution in [0.4, 0.5) is 10.6 Å². The second-order valence-electron chi connectivity index (χ2n) is 5.87. The lowest BCUT2D eigenvalue weighted by atomic mass is 10.2. The smallest absolute Gasteiger partial charge is 0.437 e. The maximum Gasteiger partial charge on any atom is 0.437 e. The van der Waals surface area contributed by atoms with Gasteiger partial charge in [0.05, 0.1) is 10.0 Å². The number of hydrogen-bond acceptors (Lipinski definition) is 6. The van der Waals surface area contributed by atoms with E-state index in [1.807, 2.05) is 0 Å². The van der Waals surface area contributed by atoms with Crippen LogP contribution in [0.5, 0.6) is 0 Å². The predicted octanol–water partition coefficient (Wildman–Crippen LogP) is 2.57. The minimum atomic E-state index is -0.602. The zero-order valence-corrected chi connectivity index (χ0v) is 15.0. The van der Waals surface area contributed by atoms with Crippen LogP contribution in [-0.4, -0.2) is 33.5 Å². The largest absolute Gasteiger partial charge is 0.443 e. The topological polar surface area (TPSA) is 90.5 Å². The Bertz CT molecular complexity index is 791. The molecule has 23 heavy (non-hydrogen) atoms. The van der Waals surface area contributed by atoms with E-state index in [2.05, 4.69) is 26.0 Å². The fourth-order valence-corrected chi connectivity index (χ4v) is 2.29. The molecule has 0 fully saturated rings. The fourth-order valence-electron chi connectivity index (χ4n) is 1.67. The molecule has 0 spiro atoms. The highest BCUT2D eigenvalue weighted by atomic mass is 79.9. The average Bonchev–Trinajstić information content (AvgIpc) is 2.76. The number of carbonyl (C=O) groups is 1. The van der Waals surface area contributed by atoms with Gasteiger partial charge in [-0.2, -0.15) is 4.68 Å². The van der Waals surface area contributed by atoms with Crippen molar-refractivity contribution < 1.29 is 13.9 Å². The Morgan fingerprint density at radius 3 is 2.57 bits per heavy atom. The van der Waals surface area contributed by atoms with Crippen LogP contribution in [0.15, 0.2) is 25.9 Å². The number of hydrogen-bond donors (Lipinski definition) is 0. The molecule has 0 bridgehead atoms. The summed E-state index contributed by atoms with van der Waals surface area (Å²) < 4.78 is 11.9. The molecule has 2 rings (SSSR count). The number of aromatic nitrogens is 3. The van der Waals surface area contributed by atoms with Crippen LogP contribution < -0.4 is 10.7 Å². The molecule has 0 N–H and O–H groups in total. The first-order chi connectivity index (χ1) is 10.6. The van der Waals surface area contributed by atoms with Crippen molar-refractivity contribution >= 4 is 27.8 Å². The molecule has 2 aromatic rings. The monoisotopic (exact) mass is 384 g/mol. The number of halogens is 1. The summed E-state index contributed by atoms with van der Waals surface area (Å²) in [5, 5.41) is 3.95. The molecule has 9 heteroatoms. The maximum absolute atomic E-state index is 12.1. The SMILES string of the molecule is CN(C(=O)OC(C)(C)C)c1ncc(-c2nn(C)c(=O)o2)cc1Br. The van der Waals surface area contributed by atoms with Gasteiger partial charge in [-0.25, -0.2) is 14.6 Å². The molecule has 0 aromatic carbocycles. The molecule has 0 aliphatic rings. The van der Waals surface area contributed by atoms with Gasteiger partial charge in [0.25, 0.3) is 5.89 Å². The van der Waals surface area contributed by atoms with E-state index in [9.17, 15) is 9.59 Å². The number of rotatable bonds is 2. The second kappa shape index (κ2) is 6.15. The van der Waals surface area contributed by atoms with Gasteiger partial charge in [-0.05, 0) is 42.8 Å². The summed E-state index contributed by atoms with van der Waals surface area (Å²) in [5.74, 6) is -0.0375. The normalized spacial score (nSPS) is 11.4. The Hall–Kier alpha value is -2.16. The van der Waals surface area contributed by atoms with Crippen molar-refractivity contribution in [2.24, 2.45) is 7.05 Å². The highest BCUT2D eigenvalue weighted by Crippen LogP contribution is 2.28. The van der Waals surface area contributed by atoms with Gasteiger partial charge in [0.15, 0.2) is 5.82 Å². The Balaban J connectivity index is 2.29. The molecule has 2 aromatic heterocycles. The number of pyridine rings is 1. The Labute approximate surface area is 141 Å². The van der Waals surface area contributed by atoms with Crippen LogP contribution in [0, 0.1) is 0 Å². The lowest BCUT2D eigenvalue weighted by molar-refractivity contribution is 0.0588. The predicted molar refractivity (Wildman–Crippen MR) is 87.3 cm³/mol. The second-order valence-corrected chi connectivity index (χ2v) is 6.72. The van der Waals surface area contributed by atoms with Crippen molar-refractivity contribution in [3.8, 4) is 11.5 Å². The van der Waals surface area contributed by atoms with E-state index in [4.69, 9.17) is 9.15 Å². The number of amides is 1. The van der Waals surface area contributed by atoms with Gasteiger partial charge >= 0.3 is 11.8 Å². The minimum Gasteiger partial charge on any atom is -0.443 e. The average molecular weight is 385 g/mol. The molecule has 0 saturated carbocycles. The highest BCUT2D eigenvalue weighted by molar-refractivity contribution is 9.10. The molecule has 2 heterocycles. The molecule has 1 amide bonds. The van der Waals surface area contributed by atoms with Crippen LogP contribution in [0.1, 0.15) is 20.8 Å². The molecule has 0 aliphatic carbocycles. The molecule has 0 atom stereocenters. The lowest BCUT2D eigenvalue weighted by Gasteiger charge is -2.24. The quantitative estimate of drug-likeness (QED) is 0.789. The number of anilines is 1. The van der Waals surface area contributed by atoms with E-state index < -0.39 is 17.5 Å². The van der Waals surface area contributed by atoms with E-state index in [0.717, 1.165) is 4.68 Å². The molecule has 0 saturated heterocycles. The number of nitrogens with zero attached hydrogens (tertiary/aromatic N) is 4. The molecule has 0 aliphatic heterocycles. The third-order valence-corrected chi connectivity index (χ3v) is 3.33. The lowest BCUT2D eigenvalue weighted by Crippen LogP contribution is -2.34. The highest BCUT2D eigenvalue weighted by Gasteiger charge is 2.23. The van der Waals surface area contributed by atoms with Gasteiger partial charge in [-0.3, -0.25) is 4.90 Å². The number of ether oxygens (including phenoxy) is 1. The summed E-state index contributed by atoms with van der Waals surface area (Å²) >= 11 is 3.35. The summed E-state index contributed by atoms with van der Waals surface area (Å²) in [6, 6.07) is 1.66.